The summed E-state index contributed by atoms with van der Waals surface area (Å²) in [5.41, 5.74) is 1.07. The Hall–Kier alpha value is -1.55. The van der Waals surface area contributed by atoms with Crippen molar-refractivity contribution < 1.29 is 9.47 Å². The van der Waals surface area contributed by atoms with Crippen molar-refractivity contribution in [3.05, 3.63) is 30.2 Å². The Balaban J connectivity index is 2.09. The van der Waals surface area contributed by atoms with E-state index in [1.807, 2.05) is 24.4 Å². The van der Waals surface area contributed by atoms with E-state index in [4.69, 9.17) is 9.47 Å². The number of aromatic nitrogens is 2. The fraction of sp³-hybridized carbons (Fsp3) is 0.462. The second kappa shape index (κ2) is 4.37. The van der Waals surface area contributed by atoms with Crippen molar-refractivity contribution in [1.82, 2.24) is 9.38 Å². The highest BCUT2D eigenvalue weighted by atomic mass is 16.5. The van der Waals surface area contributed by atoms with Gasteiger partial charge in [-0.3, -0.25) is 4.40 Å². The second-order valence-electron chi connectivity index (χ2n) is 4.36. The minimum atomic E-state index is 0.377. The van der Waals surface area contributed by atoms with Gasteiger partial charge in [0.1, 0.15) is 5.82 Å². The number of rotatable bonds is 2. The van der Waals surface area contributed by atoms with Crippen molar-refractivity contribution in [3.63, 3.8) is 0 Å². The van der Waals surface area contributed by atoms with E-state index in [0.29, 0.717) is 5.92 Å². The van der Waals surface area contributed by atoms with Gasteiger partial charge in [0.05, 0.1) is 25.4 Å². The van der Waals surface area contributed by atoms with Crippen LogP contribution in [0, 0.1) is 0 Å². The molecule has 1 aliphatic heterocycles. The van der Waals surface area contributed by atoms with Gasteiger partial charge in [0.25, 0.3) is 0 Å². The van der Waals surface area contributed by atoms with E-state index in [1.165, 1.54) is 0 Å². The standard InChI is InChI=1S/C13H16N2O2/c1-16-12-6-2-5-11-8-14-13(15(11)12)10-4-3-7-17-9-10/h2,5-6,8,10H,3-4,7,9H2,1H3. The third-order valence-corrected chi connectivity index (χ3v) is 3.28. The molecule has 1 fully saturated rings. The number of nitrogens with zero attached hydrogens (tertiary/aromatic N) is 2. The van der Waals surface area contributed by atoms with Crippen molar-refractivity contribution in [1.29, 1.82) is 0 Å². The molecule has 4 nitrogen and oxygen atoms in total. The summed E-state index contributed by atoms with van der Waals surface area (Å²) in [5.74, 6) is 2.26. The Morgan fingerprint density at radius 2 is 2.41 bits per heavy atom. The van der Waals surface area contributed by atoms with Gasteiger partial charge in [0.2, 0.25) is 0 Å². The van der Waals surface area contributed by atoms with E-state index in [2.05, 4.69) is 9.38 Å². The third-order valence-electron chi connectivity index (χ3n) is 3.28. The van der Waals surface area contributed by atoms with Gasteiger partial charge in [-0.05, 0) is 25.0 Å². The summed E-state index contributed by atoms with van der Waals surface area (Å²) in [6.07, 6.45) is 4.14. The Bertz CT molecular complexity index is 515. The normalized spacial score (nSPS) is 20.6. The molecule has 0 aromatic carbocycles. The van der Waals surface area contributed by atoms with Crippen LogP contribution in [0.2, 0.25) is 0 Å². The van der Waals surface area contributed by atoms with Crippen LogP contribution in [0.1, 0.15) is 24.6 Å². The van der Waals surface area contributed by atoms with Gasteiger partial charge >= 0.3 is 0 Å². The predicted octanol–water partition coefficient (Wildman–Crippen LogP) is 2.24. The average molecular weight is 232 g/mol. The summed E-state index contributed by atoms with van der Waals surface area (Å²) in [7, 11) is 1.69. The minimum absolute atomic E-state index is 0.377. The SMILES string of the molecule is COc1cccc2cnc(C3CCCOC3)n12. The zero-order valence-corrected chi connectivity index (χ0v) is 9.93. The molecule has 1 atom stereocenters. The van der Waals surface area contributed by atoms with Crippen LogP contribution in [0.25, 0.3) is 5.52 Å². The lowest BCUT2D eigenvalue weighted by molar-refractivity contribution is 0.0777. The maximum Gasteiger partial charge on any atom is 0.199 e. The molecule has 0 N–H and O–H groups in total. The number of hydrogen-bond donors (Lipinski definition) is 0. The summed E-state index contributed by atoms with van der Waals surface area (Å²) in [4.78, 5) is 4.53. The first-order chi connectivity index (χ1) is 8.40. The van der Waals surface area contributed by atoms with E-state index in [-0.39, 0.29) is 0 Å². The molecule has 2 aromatic heterocycles. The molecule has 90 valence electrons. The molecule has 2 aromatic rings. The molecular weight excluding hydrogens is 216 g/mol. The van der Waals surface area contributed by atoms with Crippen molar-refractivity contribution in [2.75, 3.05) is 20.3 Å². The lowest BCUT2D eigenvalue weighted by Gasteiger charge is -2.21. The minimum Gasteiger partial charge on any atom is -0.482 e. The molecule has 3 rings (SSSR count). The Kier molecular flexibility index (Phi) is 2.73. The van der Waals surface area contributed by atoms with Crippen LogP contribution in [-0.4, -0.2) is 29.7 Å². The van der Waals surface area contributed by atoms with Gasteiger partial charge < -0.3 is 9.47 Å². The first kappa shape index (κ1) is 10.6. The number of methoxy groups -OCH3 is 1. The fourth-order valence-electron chi connectivity index (χ4n) is 2.43. The van der Waals surface area contributed by atoms with E-state index in [9.17, 15) is 0 Å². The first-order valence-corrected chi connectivity index (χ1v) is 5.98. The molecule has 0 saturated carbocycles. The molecule has 17 heavy (non-hydrogen) atoms. The fourth-order valence-corrected chi connectivity index (χ4v) is 2.43. The monoisotopic (exact) mass is 232 g/mol. The van der Waals surface area contributed by atoms with Crippen LogP contribution >= 0.6 is 0 Å². The molecule has 0 bridgehead atoms. The van der Waals surface area contributed by atoms with Crippen LogP contribution in [0.4, 0.5) is 0 Å². The van der Waals surface area contributed by atoms with Crippen LogP contribution in [0.5, 0.6) is 5.88 Å². The van der Waals surface area contributed by atoms with Gasteiger partial charge in [-0.1, -0.05) is 6.07 Å². The summed E-state index contributed by atoms with van der Waals surface area (Å²) in [6, 6.07) is 5.99. The van der Waals surface area contributed by atoms with Crippen molar-refractivity contribution in [3.8, 4) is 5.88 Å². The zero-order chi connectivity index (χ0) is 11.7. The Labute approximate surface area is 100 Å². The van der Waals surface area contributed by atoms with Crippen LogP contribution in [-0.2, 0) is 4.74 Å². The van der Waals surface area contributed by atoms with E-state index in [0.717, 1.165) is 43.3 Å². The largest absolute Gasteiger partial charge is 0.482 e. The van der Waals surface area contributed by atoms with Crippen LogP contribution in [0.3, 0.4) is 0 Å². The van der Waals surface area contributed by atoms with Crippen LogP contribution in [0.15, 0.2) is 24.4 Å². The van der Waals surface area contributed by atoms with E-state index < -0.39 is 0 Å². The number of imidazole rings is 1. The first-order valence-electron chi connectivity index (χ1n) is 5.98. The van der Waals surface area contributed by atoms with Gasteiger partial charge in [-0.15, -0.1) is 0 Å². The molecule has 0 radical (unpaired) electrons. The Morgan fingerprint density at radius 1 is 1.47 bits per heavy atom. The third kappa shape index (κ3) is 1.78. The highest BCUT2D eigenvalue weighted by Gasteiger charge is 2.21. The summed E-state index contributed by atoms with van der Waals surface area (Å²) >= 11 is 0. The predicted molar refractivity (Wildman–Crippen MR) is 64.5 cm³/mol. The summed E-state index contributed by atoms with van der Waals surface area (Å²) in [6.45, 7) is 1.63. The Morgan fingerprint density at radius 3 is 3.18 bits per heavy atom. The lowest BCUT2D eigenvalue weighted by atomic mass is 10.0. The molecule has 1 aliphatic rings. The van der Waals surface area contributed by atoms with Crippen molar-refractivity contribution in [2.24, 2.45) is 0 Å². The smallest absolute Gasteiger partial charge is 0.199 e. The molecule has 0 spiro atoms. The van der Waals surface area contributed by atoms with Gasteiger partial charge in [-0.2, -0.15) is 0 Å². The van der Waals surface area contributed by atoms with Gasteiger partial charge in [0, 0.05) is 12.5 Å². The molecule has 0 amide bonds. The quantitative estimate of drug-likeness (QED) is 0.796. The number of hydrogen-bond acceptors (Lipinski definition) is 3. The second-order valence-corrected chi connectivity index (χ2v) is 4.36. The summed E-state index contributed by atoms with van der Waals surface area (Å²) in [5, 5.41) is 0. The maximum absolute atomic E-state index is 5.53. The highest BCUT2D eigenvalue weighted by molar-refractivity contribution is 5.49. The number of fused-ring (bicyclic) bond motifs is 1. The highest BCUT2D eigenvalue weighted by Crippen LogP contribution is 2.27. The molecule has 1 unspecified atom stereocenters. The van der Waals surface area contributed by atoms with Crippen molar-refractivity contribution in [2.45, 2.75) is 18.8 Å². The molecule has 3 heterocycles. The number of ether oxygens (including phenoxy) is 2. The lowest BCUT2D eigenvalue weighted by Crippen LogP contribution is -2.18. The topological polar surface area (TPSA) is 35.8 Å². The average Bonchev–Trinajstić information content (AvgIpc) is 2.83. The zero-order valence-electron chi connectivity index (χ0n) is 9.93. The summed E-state index contributed by atoms with van der Waals surface area (Å²) < 4.78 is 13.0. The van der Waals surface area contributed by atoms with Gasteiger partial charge in [-0.25, -0.2) is 4.98 Å². The molecule has 1 saturated heterocycles. The van der Waals surface area contributed by atoms with E-state index >= 15 is 0 Å². The molecular formula is C13H16N2O2. The molecule has 4 heteroatoms. The van der Waals surface area contributed by atoms with Crippen molar-refractivity contribution >= 4 is 5.52 Å². The number of pyridine rings is 1. The van der Waals surface area contributed by atoms with Crippen LogP contribution < -0.4 is 4.74 Å². The van der Waals surface area contributed by atoms with Gasteiger partial charge in [0.15, 0.2) is 5.88 Å². The molecule has 0 aliphatic carbocycles. The van der Waals surface area contributed by atoms with E-state index in [1.54, 1.807) is 7.11 Å². The maximum atomic E-state index is 5.53.